The van der Waals surface area contributed by atoms with Crippen molar-refractivity contribution in [2.45, 2.75) is 56.6 Å². The number of likely N-dealkylation sites (tertiary alicyclic amines) is 1. The molecule has 1 N–H and O–H groups in total. The summed E-state index contributed by atoms with van der Waals surface area (Å²) in [5.41, 5.74) is 6.38. The van der Waals surface area contributed by atoms with Crippen molar-refractivity contribution >= 4 is 11.7 Å². The van der Waals surface area contributed by atoms with Crippen molar-refractivity contribution < 1.29 is 23.7 Å². The van der Waals surface area contributed by atoms with E-state index in [0.29, 0.717) is 32.8 Å². The summed E-state index contributed by atoms with van der Waals surface area (Å²) in [5, 5.41) is 3.72. The van der Waals surface area contributed by atoms with E-state index in [9.17, 15) is 4.79 Å². The highest BCUT2D eigenvalue weighted by atomic mass is 16.7. The number of nitrogens with one attached hydrogen (secondary N) is 1. The summed E-state index contributed by atoms with van der Waals surface area (Å²) < 4.78 is 23.9. The summed E-state index contributed by atoms with van der Waals surface area (Å²) in [4.78, 5) is 16.1. The number of anilines is 1. The Kier molecular flexibility index (Phi) is 8.54. The van der Waals surface area contributed by atoms with Crippen molar-refractivity contribution in [1.29, 1.82) is 0 Å². The van der Waals surface area contributed by atoms with Crippen LogP contribution in [0.15, 0.2) is 96.2 Å². The van der Waals surface area contributed by atoms with Crippen LogP contribution in [-0.2, 0) is 42.3 Å². The molecule has 1 aliphatic carbocycles. The zero-order valence-electron chi connectivity index (χ0n) is 25.5. The molecule has 230 valence electrons. The molecular weight excluding hydrogens is 552 g/mol. The van der Waals surface area contributed by atoms with Gasteiger partial charge in [0.25, 0.3) is 0 Å². The van der Waals surface area contributed by atoms with Crippen LogP contribution in [0, 0.1) is 11.8 Å². The maximum Gasteiger partial charge on any atom is 0.335 e. The fourth-order valence-corrected chi connectivity index (χ4v) is 8.29. The molecule has 0 radical (unpaired) electrons. The van der Waals surface area contributed by atoms with Crippen LogP contribution in [0.1, 0.15) is 42.4 Å². The van der Waals surface area contributed by atoms with Gasteiger partial charge in [-0.15, -0.1) is 0 Å². The molecule has 7 rings (SSSR count). The van der Waals surface area contributed by atoms with E-state index in [1.807, 2.05) is 18.2 Å². The van der Waals surface area contributed by atoms with Crippen LogP contribution in [0.4, 0.5) is 5.69 Å². The number of hydrogen-bond donors (Lipinski definition) is 1. The topological polar surface area (TPSA) is 69.3 Å². The van der Waals surface area contributed by atoms with Crippen molar-refractivity contribution in [3.63, 3.8) is 0 Å². The van der Waals surface area contributed by atoms with E-state index in [4.69, 9.17) is 18.9 Å². The van der Waals surface area contributed by atoms with E-state index >= 15 is 0 Å². The van der Waals surface area contributed by atoms with Crippen molar-refractivity contribution in [3.8, 4) is 0 Å². The van der Waals surface area contributed by atoms with Crippen LogP contribution in [0.5, 0.6) is 0 Å². The number of rotatable bonds is 11. The molecule has 3 aromatic carbocycles. The summed E-state index contributed by atoms with van der Waals surface area (Å²) in [6.07, 6.45) is 3.02. The number of benzene rings is 3. The number of para-hydroxylation sites is 1. The molecule has 7 nitrogen and oxygen atoms in total. The van der Waals surface area contributed by atoms with Gasteiger partial charge < -0.3 is 24.3 Å². The number of ether oxygens (including phenoxy) is 4. The number of esters is 1. The summed E-state index contributed by atoms with van der Waals surface area (Å²) in [6, 6.07) is 29.8. The second-order valence-electron chi connectivity index (χ2n) is 12.5. The normalized spacial score (nSPS) is 25.3. The SMILES string of the molecule is COC(=O)C1=C2Nc3ccccc3[C@@]23CCN(Cc2ccccc2)[C@H]3[C@H](C[C@H](CCOCc2ccccc2)C2OCCO2)C1. The van der Waals surface area contributed by atoms with Gasteiger partial charge in [0, 0.05) is 43.0 Å². The van der Waals surface area contributed by atoms with Crippen LogP contribution in [0.2, 0.25) is 0 Å². The summed E-state index contributed by atoms with van der Waals surface area (Å²) in [7, 11) is 1.50. The van der Waals surface area contributed by atoms with Crippen LogP contribution in [-0.4, -0.2) is 56.7 Å². The predicted molar refractivity (Wildman–Crippen MR) is 169 cm³/mol. The summed E-state index contributed by atoms with van der Waals surface area (Å²) in [6.45, 7) is 4.24. The van der Waals surface area contributed by atoms with Gasteiger partial charge in [0.05, 0.1) is 37.9 Å². The maximum absolute atomic E-state index is 13.4. The van der Waals surface area contributed by atoms with E-state index in [1.54, 1.807) is 0 Å². The molecule has 0 unspecified atom stereocenters. The number of carbonyl (C=O) groups excluding carboxylic acids is 1. The van der Waals surface area contributed by atoms with E-state index in [2.05, 4.69) is 76.9 Å². The molecule has 44 heavy (non-hydrogen) atoms. The van der Waals surface area contributed by atoms with Crippen molar-refractivity contribution in [3.05, 3.63) is 113 Å². The molecule has 1 spiro atoms. The van der Waals surface area contributed by atoms with Gasteiger partial charge in [-0.1, -0.05) is 78.9 Å². The second kappa shape index (κ2) is 12.9. The van der Waals surface area contributed by atoms with Gasteiger partial charge in [-0.3, -0.25) is 4.90 Å². The Balaban J connectivity index is 1.22. The molecule has 4 aliphatic rings. The molecule has 4 atom stereocenters. The monoisotopic (exact) mass is 594 g/mol. The molecule has 0 amide bonds. The minimum absolute atomic E-state index is 0.138. The Morgan fingerprint density at radius 1 is 0.977 bits per heavy atom. The largest absolute Gasteiger partial charge is 0.466 e. The third kappa shape index (κ3) is 5.47. The van der Waals surface area contributed by atoms with E-state index in [-0.39, 0.29) is 35.6 Å². The second-order valence-corrected chi connectivity index (χ2v) is 12.5. The lowest BCUT2D eigenvalue weighted by atomic mass is 9.61. The lowest BCUT2D eigenvalue weighted by molar-refractivity contribution is -0.137. The number of fused-ring (bicyclic) bond motifs is 1. The number of nitrogens with zero attached hydrogens (tertiary/aromatic N) is 1. The molecule has 0 bridgehead atoms. The van der Waals surface area contributed by atoms with Crippen LogP contribution in [0.25, 0.3) is 0 Å². The quantitative estimate of drug-likeness (QED) is 0.214. The zero-order chi connectivity index (χ0) is 29.9. The van der Waals surface area contributed by atoms with Gasteiger partial charge in [-0.2, -0.15) is 0 Å². The number of methoxy groups -OCH3 is 1. The molecule has 7 heteroatoms. The summed E-state index contributed by atoms with van der Waals surface area (Å²) in [5.74, 6) is 0.0965. The molecular formula is C37H42N2O5. The first kappa shape index (κ1) is 29.2. The fraction of sp³-hybridized carbons (Fsp3) is 0.432. The Hall–Kier alpha value is -3.49. The van der Waals surface area contributed by atoms with Gasteiger partial charge in [0.15, 0.2) is 6.29 Å². The third-order valence-electron chi connectivity index (χ3n) is 10.1. The smallest absolute Gasteiger partial charge is 0.335 e. The van der Waals surface area contributed by atoms with Gasteiger partial charge in [0.2, 0.25) is 0 Å². The highest BCUT2D eigenvalue weighted by Gasteiger charge is 2.61. The Morgan fingerprint density at radius 3 is 2.43 bits per heavy atom. The fourth-order valence-electron chi connectivity index (χ4n) is 8.29. The maximum atomic E-state index is 13.4. The molecule has 3 aromatic rings. The lowest BCUT2D eigenvalue weighted by Gasteiger charge is -2.47. The van der Waals surface area contributed by atoms with Crippen molar-refractivity contribution in [2.24, 2.45) is 11.8 Å². The highest BCUT2D eigenvalue weighted by molar-refractivity contribution is 5.93. The Morgan fingerprint density at radius 2 is 1.68 bits per heavy atom. The summed E-state index contributed by atoms with van der Waals surface area (Å²) >= 11 is 0. The first-order valence-corrected chi connectivity index (χ1v) is 16.0. The van der Waals surface area contributed by atoms with Crippen molar-refractivity contribution in [2.75, 3.05) is 38.8 Å². The standard InChI is InChI=1S/C37H42N2O5/c1-41-35(40)30-23-29(22-28(36-43-20-21-44-36)16-19-42-25-27-12-6-3-7-13-27)34-37(31-14-8-9-15-32(31)38-33(30)37)17-18-39(34)24-26-10-4-2-5-11-26/h2-15,28-29,34,36,38H,16-25H2,1H3/t28-,29+,34-,37-/m0/s1. The Labute approximate surface area is 260 Å². The molecule has 0 saturated carbocycles. The number of carbonyl (C=O) groups is 1. The average molecular weight is 595 g/mol. The predicted octanol–water partition coefficient (Wildman–Crippen LogP) is 6.06. The van der Waals surface area contributed by atoms with E-state index in [1.165, 1.54) is 23.8 Å². The Bertz CT molecular complexity index is 1470. The minimum atomic E-state index is -0.302. The zero-order valence-corrected chi connectivity index (χ0v) is 25.5. The van der Waals surface area contributed by atoms with Crippen LogP contribution < -0.4 is 5.32 Å². The first-order chi connectivity index (χ1) is 21.7. The minimum Gasteiger partial charge on any atom is -0.466 e. The van der Waals surface area contributed by atoms with Gasteiger partial charge in [0.1, 0.15) is 0 Å². The molecule has 3 aliphatic heterocycles. The van der Waals surface area contributed by atoms with Crippen LogP contribution in [0.3, 0.4) is 0 Å². The molecule has 3 heterocycles. The van der Waals surface area contributed by atoms with Gasteiger partial charge in [-0.05, 0) is 54.4 Å². The van der Waals surface area contributed by atoms with Gasteiger partial charge in [-0.25, -0.2) is 4.79 Å². The molecule has 2 fully saturated rings. The van der Waals surface area contributed by atoms with Gasteiger partial charge >= 0.3 is 5.97 Å². The average Bonchev–Trinajstić information content (AvgIpc) is 3.81. The van der Waals surface area contributed by atoms with Crippen LogP contribution >= 0.6 is 0 Å². The van der Waals surface area contributed by atoms with Crippen molar-refractivity contribution in [1.82, 2.24) is 4.90 Å². The lowest BCUT2D eigenvalue weighted by Crippen LogP contribution is -2.52. The molecule has 2 saturated heterocycles. The van der Waals surface area contributed by atoms with E-state index < -0.39 is 0 Å². The first-order valence-electron chi connectivity index (χ1n) is 16.0. The highest BCUT2D eigenvalue weighted by Crippen LogP contribution is 2.60. The van der Waals surface area contributed by atoms with E-state index in [0.717, 1.165) is 49.3 Å². The molecule has 0 aromatic heterocycles. The number of hydrogen-bond acceptors (Lipinski definition) is 7. The third-order valence-corrected chi connectivity index (χ3v) is 10.1.